The summed E-state index contributed by atoms with van der Waals surface area (Å²) in [4.78, 5) is 50.5. The molecular formula is C31H31N5O4. The largest absolute Gasteiger partial charge is 0.381 e. The molecule has 0 bridgehead atoms. The van der Waals surface area contributed by atoms with E-state index < -0.39 is 11.9 Å². The van der Waals surface area contributed by atoms with E-state index in [4.69, 9.17) is 0 Å². The van der Waals surface area contributed by atoms with Gasteiger partial charge in [0.25, 0.3) is 5.91 Å². The minimum Gasteiger partial charge on any atom is -0.381 e. The van der Waals surface area contributed by atoms with E-state index in [1.807, 2.05) is 36.4 Å². The molecule has 0 saturated carbocycles. The van der Waals surface area contributed by atoms with Crippen molar-refractivity contribution in [3.63, 3.8) is 0 Å². The highest BCUT2D eigenvalue weighted by Crippen LogP contribution is 2.28. The highest BCUT2D eigenvalue weighted by Gasteiger charge is 2.39. The molecule has 5 rings (SSSR count). The first kappa shape index (κ1) is 26.7. The quantitative estimate of drug-likeness (QED) is 0.242. The smallest absolute Gasteiger partial charge is 0.319 e. The molecule has 9 nitrogen and oxygen atoms in total. The molecule has 0 spiro atoms. The number of piperidine rings is 1. The van der Waals surface area contributed by atoms with Crippen molar-refractivity contribution in [3.8, 4) is 0 Å². The second-order valence-corrected chi connectivity index (χ2v) is 9.94. The molecule has 1 saturated heterocycles. The van der Waals surface area contributed by atoms with Crippen LogP contribution in [0.1, 0.15) is 45.5 Å². The molecule has 0 radical (unpaired) electrons. The number of urea groups is 1. The fraction of sp³-hybridized carbons (Fsp3) is 0.226. The van der Waals surface area contributed by atoms with Gasteiger partial charge < -0.3 is 20.9 Å². The van der Waals surface area contributed by atoms with Crippen LogP contribution in [0, 0.1) is 0 Å². The van der Waals surface area contributed by atoms with Crippen LogP contribution in [0.5, 0.6) is 0 Å². The highest BCUT2D eigenvalue weighted by molar-refractivity contribution is 6.05. The van der Waals surface area contributed by atoms with E-state index in [0.29, 0.717) is 30.8 Å². The number of carbonyl (C=O) groups is 4. The van der Waals surface area contributed by atoms with Crippen molar-refractivity contribution >= 4 is 35.1 Å². The zero-order valence-corrected chi connectivity index (χ0v) is 22.0. The van der Waals surface area contributed by atoms with Gasteiger partial charge in [-0.25, -0.2) is 4.79 Å². The summed E-state index contributed by atoms with van der Waals surface area (Å²) in [6.07, 6.45) is 3.28. The van der Waals surface area contributed by atoms with Crippen LogP contribution >= 0.6 is 0 Å². The minimum atomic E-state index is -0.652. The van der Waals surface area contributed by atoms with Crippen LogP contribution < -0.4 is 21.3 Å². The Kier molecular flexibility index (Phi) is 7.91. The Labute approximate surface area is 232 Å². The van der Waals surface area contributed by atoms with E-state index in [9.17, 15) is 19.2 Å². The monoisotopic (exact) mass is 537 g/mol. The van der Waals surface area contributed by atoms with Crippen LogP contribution in [0.15, 0.2) is 79.4 Å². The maximum absolute atomic E-state index is 12.8. The van der Waals surface area contributed by atoms with E-state index >= 15 is 0 Å². The van der Waals surface area contributed by atoms with Gasteiger partial charge in [-0.05, 0) is 65.4 Å². The highest BCUT2D eigenvalue weighted by atomic mass is 16.2. The summed E-state index contributed by atoms with van der Waals surface area (Å²) >= 11 is 0. The number of nitrogens with zero attached hydrogens (tertiary/aromatic N) is 1. The standard InChI is InChI=1S/C31H31N5O4/c1-2-3-20-4-6-21(7-5-20)17-32-24-9-11-25(12-10-24)34-31(40)33-18-22-8-13-26-23(16-22)19-36(30(26)39)27-14-15-28(37)35-29(27)38/h2,4-13,16,27,32H,1,3,14-15,17-19H2,(H2,33,34,40)(H,35,37,38). The Morgan fingerprint density at radius 3 is 2.35 bits per heavy atom. The third-order valence-corrected chi connectivity index (χ3v) is 7.08. The number of hydrogen-bond donors (Lipinski definition) is 4. The third kappa shape index (κ3) is 6.20. The topological polar surface area (TPSA) is 120 Å². The Morgan fingerprint density at radius 1 is 0.925 bits per heavy atom. The lowest BCUT2D eigenvalue weighted by atomic mass is 10.0. The summed E-state index contributed by atoms with van der Waals surface area (Å²) in [5, 5.41) is 11.4. The molecule has 5 amide bonds. The van der Waals surface area contributed by atoms with Crippen LogP contribution in [0.4, 0.5) is 16.2 Å². The van der Waals surface area contributed by atoms with Crippen LogP contribution in [0.3, 0.4) is 0 Å². The predicted molar refractivity (Wildman–Crippen MR) is 152 cm³/mol. The SMILES string of the molecule is C=CCc1ccc(CNc2ccc(NC(=O)NCc3ccc4c(c3)CN(C3CCC(=O)NC3=O)C4=O)cc2)cc1. The van der Waals surface area contributed by atoms with Crippen molar-refractivity contribution < 1.29 is 19.2 Å². The molecule has 2 heterocycles. The number of carbonyl (C=O) groups excluding carboxylic acids is 4. The van der Waals surface area contributed by atoms with E-state index in [0.717, 1.165) is 23.2 Å². The summed E-state index contributed by atoms with van der Waals surface area (Å²) in [6, 6.07) is 20.3. The summed E-state index contributed by atoms with van der Waals surface area (Å²) < 4.78 is 0. The molecule has 1 unspecified atom stereocenters. The van der Waals surface area contributed by atoms with Gasteiger partial charge in [0, 0.05) is 43.0 Å². The number of imide groups is 1. The normalized spacial score (nSPS) is 16.2. The lowest BCUT2D eigenvalue weighted by molar-refractivity contribution is -0.136. The molecule has 4 N–H and O–H groups in total. The zero-order chi connectivity index (χ0) is 28.1. The van der Waals surface area contributed by atoms with Crippen LogP contribution in [-0.4, -0.2) is 34.7 Å². The summed E-state index contributed by atoms with van der Waals surface area (Å²) in [5.41, 5.74) is 6.19. The van der Waals surface area contributed by atoms with Gasteiger partial charge in [0.1, 0.15) is 6.04 Å². The first-order valence-corrected chi connectivity index (χ1v) is 13.2. The third-order valence-electron chi connectivity index (χ3n) is 7.08. The van der Waals surface area contributed by atoms with Gasteiger partial charge in [-0.15, -0.1) is 6.58 Å². The van der Waals surface area contributed by atoms with E-state index in [2.05, 4.69) is 52.1 Å². The van der Waals surface area contributed by atoms with Crippen molar-refractivity contribution in [2.45, 2.75) is 44.9 Å². The molecule has 3 aromatic carbocycles. The molecule has 40 heavy (non-hydrogen) atoms. The van der Waals surface area contributed by atoms with Gasteiger partial charge in [-0.2, -0.15) is 0 Å². The van der Waals surface area contributed by atoms with E-state index in [1.54, 1.807) is 12.1 Å². The molecule has 9 heteroatoms. The van der Waals surface area contributed by atoms with Crippen LogP contribution in [0.25, 0.3) is 0 Å². The van der Waals surface area contributed by atoms with E-state index in [1.165, 1.54) is 16.0 Å². The number of rotatable bonds is 9. The average Bonchev–Trinajstić information content (AvgIpc) is 3.27. The van der Waals surface area contributed by atoms with E-state index in [-0.39, 0.29) is 30.8 Å². The van der Waals surface area contributed by atoms with Gasteiger partial charge >= 0.3 is 6.03 Å². The second-order valence-electron chi connectivity index (χ2n) is 9.94. The average molecular weight is 538 g/mol. The number of nitrogens with one attached hydrogen (secondary N) is 4. The molecule has 2 aliphatic heterocycles. The number of anilines is 2. The molecule has 1 atom stereocenters. The second kappa shape index (κ2) is 11.9. The molecule has 1 fully saturated rings. The van der Waals surface area contributed by atoms with Gasteiger partial charge in [-0.1, -0.05) is 42.5 Å². The van der Waals surface area contributed by atoms with Crippen molar-refractivity contribution in [2.24, 2.45) is 0 Å². The zero-order valence-electron chi connectivity index (χ0n) is 22.0. The van der Waals surface area contributed by atoms with Crippen LogP contribution in [-0.2, 0) is 35.6 Å². The molecule has 0 aromatic heterocycles. The summed E-state index contributed by atoms with van der Waals surface area (Å²) in [6.45, 7) is 5.03. The van der Waals surface area contributed by atoms with Crippen molar-refractivity contribution in [3.05, 3.63) is 107 Å². The molecular weight excluding hydrogens is 506 g/mol. The van der Waals surface area contributed by atoms with Gasteiger partial charge in [0.15, 0.2) is 0 Å². The Hall–Kier alpha value is -4.92. The minimum absolute atomic E-state index is 0.213. The summed E-state index contributed by atoms with van der Waals surface area (Å²) in [7, 11) is 0. The van der Waals surface area contributed by atoms with Crippen molar-refractivity contribution in [1.82, 2.24) is 15.5 Å². The predicted octanol–water partition coefficient (Wildman–Crippen LogP) is 4.11. The summed E-state index contributed by atoms with van der Waals surface area (Å²) in [5.74, 6) is -0.971. The fourth-order valence-corrected chi connectivity index (χ4v) is 4.93. The number of benzene rings is 3. The Bertz CT molecular complexity index is 1450. The lowest BCUT2D eigenvalue weighted by Crippen LogP contribution is -2.52. The van der Waals surface area contributed by atoms with Gasteiger partial charge in [0.05, 0.1) is 0 Å². The maximum Gasteiger partial charge on any atom is 0.319 e. The maximum atomic E-state index is 12.8. The number of amides is 5. The molecule has 2 aliphatic rings. The first-order valence-electron chi connectivity index (χ1n) is 13.2. The molecule has 3 aromatic rings. The lowest BCUT2D eigenvalue weighted by Gasteiger charge is -2.29. The number of allylic oxidation sites excluding steroid dienone is 1. The Morgan fingerprint density at radius 2 is 1.62 bits per heavy atom. The molecule has 0 aliphatic carbocycles. The van der Waals surface area contributed by atoms with Crippen LogP contribution in [0.2, 0.25) is 0 Å². The van der Waals surface area contributed by atoms with Crippen molar-refractivity contribution in [1.29, 1.82) is 0 Å². The van der Waals surface area contributed by atoms with Gasteiger partial charge in [0.2, 0.25) is 11.8 Å². The van der Waals surface area contributed by atoms with Crippen molar-refractivity contribution in [2.75, 3.05) is 10.6 Å². The fourth-order valence-electron chi connectivity index (χ4n) is 4.93. The first-order chi connectivity index (χ1) is 19.4. The van der Waals surface area contributed by atoms with Gasteiger partial charge in [-0.3, -0.25) is 19.7 Å². The Balaban J connectivity index is 1.09. The molecule has 204 valence electrons. The number of fused-ring (bicyclic) bond motifs is 1. The number of hydrogen-bond acceptors (Lipinski definition) is 5.